The maximum Gasteiger partial charge on any atom is 0.350 e. The van der Waals surface area contributed by atoms with Gasteiger partial charge in [-0.05, 0) is 19.3 Å². The Labute approximate surface area is 223 Å². The number of carbonyl (C=O) groups excluding carboxylic acids is 1. The fourth-order valence-electron chi connectivity index (χ4n) is 5.51. The Morgan fingerprint density at radius 1 is 0.622 bits per heavy atom. The minimum atomic E-state index is -2.70. The molecular weight excluding hydrogens is 476 g/mol. The van der Waals surface area contributed by atoms with E-state index in [9.17, 15) is 34.5 Å². The van der Waals surface area contributed by atoms with E-state index < -0.39 is 40.8 Å². The SMILES string of the molecule is CCCCCCCC(C(=O)O)C(OC(C)=O)(C(=O)O)C(CCCCCCC)(CCCCCCC)C(=O)O. The van der Waals surface area contributed by atoms with Gasteiger partial charge < -0.3 is 20.1 Å². The van der Waals surface area contributed by atoms with Crippen LogP contribution in [0.15, 0.2) is 0 Å². The highest BCUT2D eigenvalue weighted by atomic mass is 16.6. The topological polar surface area (TPSA) is 138 Å². The lowest BCUT2D eigenvalue weighted by Gasteiger charge is -2.47. The maximum absolute atomic E-state index is 13.1. The molecule has 0 spiro atoms. The highest BCUT2D eigenvalue weighted by molar-refractivity contribution is 5.95. The molecule has 2 unspecified atom stereocenters. The van der Waals surface area contributed by atoms with Crippen LogP contribution in [0, 0.1) is 11.3 Å². The quantitative estimate of drug-likeness (QED) is 0.0881. The molecule has 2 atom stereocenters. The van der Waals surface area contributed by atoms with E-state index in [4.69, 9.17) is 4.74 Å². The number of carbonyl (C=O) groups is 4. The van der Waals surface area contributed by atoms with Gasteiger partial charge in [-0.1, -0.05) is 117 Å². The molecule has 3 N–H and O–H groups in total. The first-order chi connectivity index (χ1) is 17.6. The molecule has 216 valence electrons. The fraction of sp³-hybridized carbons (Fsp3) is 0.862. The first-order valence-corrected chi connectivity index (χ1v) is 14.5. The van der Waals surface area contributed by atoms with Crippen LogP contribution in [-0.4, -0.2) is 44.8 Å². The van der Waals surface area contributed by atoms with E-state index in [1.807, 2.05) is 0 Å². The number of carboxylic acids is 3. The summed E-state index contributed by atoms with van der Waals surface area (Å²) >= 11 is 0. The zero-order valence-corrected chi connectivity index (χ0v) is 23.7. The Bertz CT molecular complexity index is 675. The van der Waals surface area contributed by atoms with Crippen molar-refractivity contribution in [1.82, 2.24) is 0 Å². The summed E-state index contributed by atoms with van der Waals surface area (Å²) in [6.07, 6.45) is 11.7. The minimum Gasteiger partial charge on any atom is -0.481 e. The number of aliphatic carboxylic acids is 3. The van der Waals surface area contributed by atoms with Gasteiger partial charge in [0, 0.05) is 6.92 Å². The molecule has 0 aliphatic carbocycles. The summed E-state index contributed by atoms with van der Waals surface area (Å²) in [7, 11) is 0. The molecule has 37 heavy (non-hydrogen) atoms. The van der Waals surface area contributed by atoms with E-state index in [2.05, 4.69) is 20.8 Å². The average molecular weight is 529 g/mol. The highest BCUT2D eigenvalue weighted by Crippen LogP contribution is 2.50. The largest absolute Gasteiger partial charge is 0.481 e. The molecule has 0 aliphatic heterocycles. The van der Waals surface area contributed by atoms with E-state index >= 15 is 0 Å². The smallest absolute Gasteiger partial charge is 0.350 e. The van der Waals surface area contributed by atoms with Gasteiger partial charge in [0.1, 0.15) is 11.3 Å². The molecule has 8 nitrogen and oxygen atoms in total. The second-order valence-corrected chi connectivity index (χ2v) is 10.4. The summed E-state index contributed by atoms with van der Waals surface area (Å²) in [5, 5.41) is 31.5. The Morgan fingerprint density at radius 2 is 1.03 bits per heavy atom. The van der Waals surface area contributed by atoms with Gasteiger partial charge in [0.2, 0.25) is 5.60 Å². The highest BCUT2D eigenvalue weighted by Gasteiger charge is 2.69. The Kier molecular flexibility index (Phi) is 17.9. The van der Waals surface area contributed by atoms with E-state index in [1.54, 1.807) is 0 Å². The maximum atomic E-state index is 13.1. The molecule has 0 aromatic heterocycles. The molecule has 0 bridgehead atoms. The van der Waals surface area contributed by atoms with Crippen LogP contribution in [0.25, 0.3) is 0 Å². The molecule has 0 amide bonds. The zero-order valence-electron chi connectivity index (χ0n) is 23.7. The lowest BCUT2D eigenvalue weighted by Crippen LogP contribution is -2.66. The Balaban J connectivity index is 6.64. The van der Waals surface area contributed by atoms with Gasteiger partial charge in [-0.3, -0.25) is 14.4 Å². The lowest BCUT2D eigenvalue weighted by molar-refractivity contribution is -0.220. The standard InChI is InChI=1S/C29H52O8/c1-5-8-11-14-17-20-24(25(31)32)29(27(35)36,37-23(4)30)28(26(33)34,21-18-15-12-9-6-2)22-19-16-13-10-7-3/h24H,5-22H2,1-4H3,(H,31,32)(H,33,34)(H,35,36). The van der Waals surface area contributed by atoms with Crippen molar-refractivity contribution in [3.8, 4) is 0 Å². The Hall–Kier alpha value is -2.12. The molecule has 8 heteroatoms. The molecular formula is C29H52O8. The van der Waals surface area contributed by atoms with Crippen molar-refractivity contribution in [2.75, 3.05) is 0 Å². The second-order valence-electron chi connectivity index (χ2n) is 10.4. The van der Waals surface area contributed by atoms with Crippen molar-refractivity contribution in [1.29, 1.82) is 0 Å². The van der Waals surface area contributed by atoms with Crippen molar-refractivity contribution in [2.45, 2.75) is 149 Å². The Morgan fingerprint density at radius 3 is 1.35 bits per heavy atom. The molecule has 0 aromatic carbocycles. The van der Waals surface area contributed by atoms with Crippen molar-refractivity contribution in [3.63, 3.8) is 0 Å². The van der Waals surface area contributed by atoms with E-state index in [0.29, 0.717) is 38.5 Å². The lowest BCUT2D eigenvalue weighted by atomic mass is 9.59. The van der Waals surface area contributed by atoms with Crippen LogP contribution < -0.4 is 0 Å². The summed E-state index contributed by atoms with van der Waals surface area (Å²) in [6, 6.07) is 0. The minimum absolute atomic E-state index is 0.0565. The summed E-state index contributed by atoms with van der Waals surface area (Å²) < 4.78 is 5.48. The van der Waals surface area contributed by atoms with Crippen LogP contribution in [0.1, 0.15) is 143 Å². The van der Waals surface area contributed by atoms with Crippen LogP contribution in [0.2, 0.25) is 0 Å². The number of hydrogen-bond donors (Lipinski definition) is 3. The predicted octanol–water partition coefficient (Wildman–Crippen LogP) is 7.23. The zero-order chi connectivity index (χ0) is 28.3. The van der Waals surface area contributed by atoms with Crippen molar-refractivity contribution in [3.05, 3.63) is 0 Å². The number of unbranched alkanes of at least 4 members (excludes halogenated alkanes) is 12. The van der Waals surface area contributed by atoms with E-state index in [-0.39, 0.29) is 19.3 Å². The van der Waals surface area contributed by atoms with Gasteiger partial charge in [-0.15, -0.1) is 0 Å². The van der Waals surface area contributed by atoms with E-state index in [0.717, 1.165) is 64.7 Å². The normalized spacial score (nSPS) is 14.1. The predicted molar refractivity (Wildman–Crippen MR) is 143 cm³/mol. The first kappa shape index (κ1) is 34.9. The third-order valence-corrected chi connectivity index (χ3v) is 7.54. The van der Waals surface area contributed by atoms with Gasteiger partial charge in [0.25, 0.3) is 0 Å². The number of ether oxygens (including phenoxy) is 1. The summed E-state index contributed by atoms with van der Waals surface area (Å²) in [5.74, 6) is -7.19. The third kappa shape index (κ3) is 10.6. The molecule has 0 aromatic rings. The average Bonchev–Trinajstić information content (AvgIpc) is 2.82. The summed E-state index contributed by atoms with van der Waals surface area (Å²) in [4.78, 5) is 51.1. The monoisotopic (exact) mass is 528 g/mol. The molecule has 0 heterocycles. The molecule has 0 radical (unpaired) electrons. The summed E-state index contributed by atoms with van der Waals surface area (Å²) in [5.41, 5.74) is -4.74. The van der Waals surface area contributed by atoms with Gasteiger partial charge in [-0.2, -0.15) is 0 Å². The number of hydrogen-bond acceptors (Lipinski definition) is 5. The van der Waals surface area contributed by atoms with Crippen LogP contribution in [0.5, 0.6) is 0 Å². The van der Waals surface area contributed by atoms with Crippen molar-refractivity contribution >= 4 is 23.9 Å². The molecule has 0 rings (SSSR count). The van der Waals surface area contributed by atoms with Gasteiger partial charge >= 0.3 is 23.9 Å². The second kappa shape index (κ2) is 19.0. The van der Waals surface area contributed by atoms with Crippen LogP contribution in [0.3, 0.4) is 0 Å². The van der Waals surface area contributed by atoms with Gasteiger partial charge in [0.15, 0.2) is 0 Å². The molecule has 0 saturated heterocycles. The molecule has 0 aliphatic rings. The van der Waals surface area contributed by atoms with Crippen LogP contribution in [-0.2, 0) is 23.9 Å². The fourth-order valence-corrected chi connectivity index (χ4v) is 5.51. The molecule has 0 saturated carbocycles. The molecule has 0 fully saturated rings. The van der Waals surface area contributed by atoms with Gasteiger partial charge in [0.05, 0.1) is 0 Å². The number of carboxylic acid groups (broad SMARTS) is 3. The van der Waals surface area contributed by atoms with E-state index in [1.165, 1.54) is 0 Å². The number of rotatable bonds is 24. The van der Waals surface area contributed by atoms with Crippen LogP contribution >= 0.6 is 0 Å². The van der Waals surface area contributed by atoms with Crippen molar-refractivity contribution < 1.29 is 39.2 Å². The van der Waals surface area contributed by atoms with Crippen LogP contribution in [0.4, 0.5) is 0 Å². The third-order valence-electron chi connectivity index (χ3n) is 7.54. The first-order valence-electron chi connectivity index (χ1n) is 14.5. The van der Waals surface area contributed by atoms with Crippen molar-refractivity contribution in [2.24, 2.45) is 11.3 Å². The number of esters is 1. The summed E-state index contributed by atoms with van der Waals surface area (Å²) in [6.45, 7) is 7.20. The van der Waals surface area contributed by atoms with Gasteiger partial charge in [-0.25, -0.2) is 4.79 Å².